The van der Waals surface area contributed by atoms with Crippen molar-refractivity contribution in [3.8, 4) is 0 Å². The minimum absolute atomic E-state index is 0.00356. The van der Waals surface area contributed by atoms with Gasteiger partial charge in [-0.15, -0.1) is 0 Å². The van der Waals surface area contributed by atoms with Gasteiger partial charge in [-0.25, -0.2) is 0 Å². The van der Waals surface area contributed by atoms with Crippen LogP contribution in [0.15, 0.2) is 70.3 Å². The second-order valence-corrected chi connectivity index (χ2v) is 14.7. The van der Waals surface area contributed by atoms with E-state index in [0.29, 0.717) is 13.2 Å². The van der Waals surface area contributed by atoms with Gasteiger partial charge >= 0.3 is 0 Å². The average Bonchev–Trinajstić information content (AvgIpc) is 2.78. The Morgan fingerprint density at radius 1 is 1.03 bits per heavy atom. The topological polar surface area (TPSA) is 27.7 Å². The summed E-state index contributed by atoms with van der Waals surface area (Å²) in [5.41, 5.74) is 0. The number of halogens is 1. The molecule has 168 valence electrons. The normalized spacial score (nSPS) is 18.2. The van der Waals surface area contributed by atoms with Crippen LogP contribution in [0.25, 0.3) is 0 Å². The molecule has 5 heteroatoms. The van der Waals surface area contributed by atoms with Crippen LogP contribution in [-0.4, -0.2) is 34.4 Å². The fraction of sp³-hybridized carbons (Fsp3) is 0.462. The molecule has 3 nitrogen and oxygen atoms in total. The summed E-state index contributed by atoms with van der Waals surface area (Å²) < 4.78 is 19.7. The number of rotatable bonds is 9. The molecule has 1 aliphatic rings. The quantitative estimate of drug-likeness (QED) is 0.291. The molecule has 0 aliphatic carbocycles. The molecule has 2 aromatic rings. The first-order valence-corrected chi connectivity index (χ1v) is 14.2. The van der Waals surface area contributed by atoms with Crippen molar-refractivity contribution in [2.75, 3.05) is 19.8 Å². The lowest BCUT2D eigenvalue weighted by Crippen LogP contribution is -2.66. The second kappa shape index (κ2) is 11.7. The zero-order chi connectivity index (χ0) is 22.2. The van der Waals surface area contributed by atoms with Crippen molar-refractivity contribution in [1.29, 1.82) is 0 Å². The Morgan fingerprint density at radius 2 is 1.65 bits per heavy atom. The largest absolute Gasteiger partial charge is 0.404 e. The van der Waals surface area contributed by atoms with E-state index in [9.17, 15) is 0 Å². The molecule has 1 heterocycles. The van der Waals surface area contributed by atoms with Crippen molar-refractivity contribution in [2.24, 2.45) is 0 Å². The van der Waals surface area contributed by atoms with Crippen LogP contribution in [0.2, 0.25) is 5.04 Å². The van der Waals surface area contributed by atoms with Crippen LogP contribution < -0.4 is 10.4 Å². The van der Waals surface area contributed by atoms with E-state index in [4.69, 9.17) is 13.9 Å². The van der Waals surface area contributed by atoms with Gasteiger partial charge in [0.2, 0.25) is 0 Å². The predicted octanol–water partition coefficient (Wildman–Crippen LogP) is 5.82. The van der Waals surface area contributed by atoms with E-state index in [0.717, 1.165) is 25.9 Å². The minimum atomic E-state index is -2.47. The van der Waals surface area contributed by atoms with Gasteiger partial charge in [-0.2, -0.15) is 0 Å². The summed E-state index contributed by atoms with van der Waals surface area (Å²) in [6, 6.07) is 21.6. The third-order valence-corrected chi connectivity index (χ3v) is 11.8. The molecule has 0 bridgehead atoms. The smallest absolute Gasteiger partial charge is 0.261 e. The number of hydrogen-bond donors (Lipinski definition) is 0. The van der Waals surface area contributed by atoms with Crippen molar-refractivity contribution >= 4 is 41.3 Å². The molecule has 2 aromatic carbocycles. The van der Waals surface area contributed by atoms with E-state index in [1.165, 1.54) is 20.4 Å². The van der Waals surface area contributed by atoms with E-state index in [-0.39, 0.29) is 11.3 Å². The molecule has 0 amide bonds. The van der Waals surface area contributed by atoms with Crippen LogP contribution in [0.3, 0.4) is 0 Å². The van der Waals surface area contributed by atoms with Gasteiger partial charge in [0.1, 0.15) is 0 Å². The molecule has 3 rings (SSSR count). The monoisotopic (exact) mass is 550 g/mol. The van der Waals surface area contributed by atoms with E-state index >= 15 is 0 Å². The van der Waals surface area contributed by atoms with Crippen molar-refractivity contribution in [2.45, 2.75) is 57.8 Å². The van der Waals surface area contributed by atoms with Gasteiger partial charge in [0.25, 0.3) is 8.32 Å². The molecule has 1 saturated heterocycles. The number of hydrogen-bond acceptors (Lipinski definition) is 3. The molecule has 0 aromatic heterocycles. The summed E-state index contributed by atoms with van der Waals surface area (Å²) in [6.07, 6.45) is 6.44. The maximum absolute atomic E-state index is 6.93. The van der Waals surface area contributed by atoms with E-state index in [1.54, 1.807) is 0 Å². The highest BCUT2D eigenvalue weighted by molar-refractivity contribution is 14.1. The summed E-state index contributed by atoms with van der Waals surface area (Å²) >= 11 is 2.41. The van der Waals surface area contributed by atoms with Gasteiger partial charge in [0, 0.05) is 13.0 Å². The zero-order valence-corrected chi connectivity index (χ0v) is 22.1. The number of ether oxygens (including phenoxy) is 2. The SMILES string of the molecule is CC(C)(C)[Si](OC/C=C(\I)CCOC1CCCCO1)(c1ccccc1)c1ccccc1. The molecule has 0 saturated carbocycles. The van der Waals surface area contributed by atoms with Gasteiger partial charge in [-0.3, -0.25) is 0 Å². The van der Waals surface area contributed by atoms with E-state index in [2.05, 4.69) is 110 Å². The van der Waals surface area contributed by atoms with Crippen LogP contribution in [0, 0.1) is 0 Å². The predicted molar refractivity (Wildman–Crippen MR) is 140 cm³/mol. The molecular weight excluding hydrogens is 515 g/mol. The van der Waals surface area contributed by atoms with Crippen molar-refractivity contribution in [3.63, 3.8) is 0 Å². The van der Waals surface area contributed by atoms with Gasteiger partial charge in [-0.05, 0) is 60.8 Å². The van der Waals surface area contributed by atoms with Crippen LogP contribution >= 0.6 is 22.6 Å². The summed E-state index contributed by atoms with van der Waals surface area (Å²) in [4.78, 5) is 0. The van der Waals surface area contributed by atoms with Crippen molar-refractivity contribution < 1.29 is 13.9 Å². The minimum Gasteiger partial charge on any atom is -0.404 e. The molecule has 31 heavy (non-hydrogen) atoms. The zero-order valence-electron chi connectivity index (χ0n) is 19.0. The molecular formula is C26H35IO3Si. The molecule has 1 atom stereocenters. The van der Waals surface area contributed by atoms with E-state index < -0.39 is 8.32 Å². The van der Waals surface area contributed by atoms with Crippen LogP contribution in [0.4, 0.5) is 0 Å². The summed E-state index contributed by atoms with van der Waals surface area (Å²) in [5, 5.41) is 2.63. The maximum atomic E-state index is 6.93. The molecule has 1 fully saturated rings. The van der Waals surface area contributed by atoms with Crippen molar-refractivity contribution in [1.82, 2.24) is 0 Å². The highest BCUT2D eigenvalue weighted by atomic mass is 127. The first kappa shape index (κ1) is 24.6. The Labute approximate surface area is 202 Å². The molecule has 1 aliphatic heterocycles. The molecule has 0 radical (unpaired) electrons. The Morgan fingerprint density at radius 3 is 2.16 bits per heavy atom. The fourth-order valence-electron chi connectivity index (χ4n) is 4.25. The molecule has 1 unspecified atom stereocenters. The van der Waals surface area contributed by atoms with Gasteiger partial charge in [-0.1, -0.05) is 87.5 Å². The lowest BCUT2D eigenvalue weighted by Gasteiger charge is -2.42. The molecule has 0 spiro atoms. The fourth-order valence-corrected chi connectivity index (χ4v) is 9.14. The first-order chi connectivity index (χ1) is 14.9. The maximum Gasteiger partial charge on any atom is 0.261 e. The van der Waals surface area contributed by atoms with E-state index in [1.807, 2.05) is 0 Å². The third-order valence-electron chi connectivity index (χ3n) is 5.80. The average molecular weight is 551 g/mol. The van der Waals surface area contributed by atoms with Crippen LogP contribution in [-0.2, 0) is 13.9 Å². The standard InChI is InChI=1S/C26H35IO3Si/c1-26(2,3)31(23-12-6-4-7-13-23,24-14-8-5-9-15-24)30-21-18-22(27)17-20-29-25-16-10-11-19-28-25/h4-9,12-15,18,25H,10-11,16-17,19-21H2,1-3H3/b22-18-. The summed E-state index contributed by atoms with van der Waals surface area (Å²) in [7, 11) is -2.47. The van der Waals surface area contributed by atoms with Gasteiger partial charge < -0.3 is 13.9 Å². The van der Waals surface area contributed by atoms with Gasteiger partial charge in [0.05, 0.1) is 13.2 Å². The Balaban J connectivity index is 1.72. The third kappa shape index (κ3) is 6.51. The Bertz CT molecular complexity index is 772. The van der Waals surface area contributed by atoms with Crippen LogP contribution in [0.1, 0.15) is 46.5 Å². The highest BCUT2D eigenvalue weighted by Crippen LogP contribution is 2.36. The lowest BCUT2D eigenvalue weighted by molar-refractivity contribution is -0.161. The lowest BCUT2D eigenvalue weighted by atomic mass is 10.2. The van der Waals surface area contributed by atoms with Crippen LogP contribution in [0.5, 0.6) is 0 Å². The summed E-state index contributed by atoms with van der Waals surface area (Å²) in [6.45, 7) is 9.05. The van der Waals surface area contributed by atoms with Gasteiger partial charge in [0.15, 0.2) is 6.29 Å². The Kier molecular flexibility index (Phi) is 9.34. The second-order valence-electron chi connectivity index (χ2n) is 9.04. The summed E-state index contributed by atoms with van der Waals surface area (Å²) in [5.74, 6) is 0. The first-order valence-electron chi connectivity index (χ1n) is 11.3. The van der Waals surface area contributed by atoms with Crippen molar-refractivity contribution in [3.05, 3.63) is 70.3 Å². The number of benzene rings is 2. The highest BCUT2D eigenvalue weighted by Gasteiger charge is 2.49. The Hall–Kier alpha value is -0.993. The molecule has 0 N–H and O–H groups in total.